The molecule has 0 aromatic carbocycles. The van der Waals surface area contributed by atoms with Crippen LogP contribution < -0.4 is 5.73 Å². The first-order valence-electron chi connectivity index (χ1n) is 3.94. The molecule has 0 rings (SSSR count). The molecule has 0 aromatic rings. The summed E-state index contributed by atoms with van der Waals surface area (Å²) in [5.41, 5.74) is 5.68. The number of rotatable bonds is 4. The Morgan fingerprint density at radius 2 is 1.89 bits per heavy atom. The summed E-state index contributed by atoms with van der Waals surface area (Å²) in [5, 5.41) is 0. The van der Waals surface area contributed by atoms with Gasteiger partial charge in [0.2, 0.25) is 0 Å². The van der Waals surface area contributed by atoms with Gasteiger partial charge in [-0.05, 0) is 19.3 Å². The Morgan fingerprint density at radius 3 is 2.22 bits per heavy atom. The average Bonchev–Trinajstić information content (AvgIpc) is 1.82. The molecule has 0 aliphatic heterocycles. The van der Waals surface area contributed by atoms with Crippen molar-refractivity contribution in [1.29, 1.82) is 0 Å². The Morgan fingerprint density at radius 1 is 1.33 bits per heavy atom. The fraction of sp³-hybridized carbons (Fsp3) is 1.00. The predicted molar refractivity (Wildman–Crippen MR) is 42.3 cm³/mol. The molecular formula is C8H19N. The maximum absolute atomic E-state index is 5.68. The molecule has 0 saturated heterocycles. The van der Waals surface area contributed by atoms with Crippen LogP contribution in [-0.4, -0.2) is 6.04 Å². The Bertz CT molecular complexity index is 59.6. The molecule has 1 unspecified atom stereocenters. The van der Waals surface area contributed by atoms with Crippen LogP contribution in [0.25, 0.3) is 0 Å². The van der Waals surface area contributed by atoms with Crippen LogP contribution in [-0.2, 0) is 0 Å². The first kappa shape index (κ1) is 8.96. The highest BCUT2D eigenvalue weighted by Gasteiger charge is 2.04. The van der Waals surface area contributed by atoms with Crippen LogP contribution in [0.1, 0.15) is 40.0 Å². The molecule has 2 atom stereocenters. The van der Waals surface area contributed by atoms with Crippen LogP contribution in [0.4, 0.5) is 0 Å². The average molecular weight is 129 g/mol. The minimum Gasteiger partial charge on any atom is -0.328 e. The summed E-state index contributed by atoms with van der Waals surface area (Å²) in [6.07, 6.45) is 3.90. The lowest BCUT2D eigenvalue weighted by Crippen LogP contribution is -2.23. The standard InChI is InChI=1S/C8H19N/c1-4-5-6-7(2)8(3)9/h7-8H,4-6,9H2,1-3H3/t7?,8-/m0/s1. The van der Waals surface area contributed by atoms with Crippen molar-refractivity contribution in [2.45, 2.75) is 46.1 Å². The molecule has 2 N–H and O–H groups in total. The summed E-state index contributed by atoms with van der Waals surface area (Å²) in [6, 6.07) is 0.372. The van der Waals surface area contributed by atoms with Crippen molar-refractivity contribution in [3.05, 3.63) is 0 Å². The maximum Gasteiger partial charge on any atom is 0.00361 e. The molecule has 0 aliphatic carbocycles. The van der Waals surface area contributed by atoms with Crippen LogP contribution in [0, 0.1) is 5.92 Å². The second kappa shape index (κ2) is 4.80. The highest BCUT2D eigenvalue weighted by atomic mass is 14.6. The molecular weight excluding hydrogens is 110 g/mol. The second-order valence-electron chi connectivity index (χ2n) is 2.98. The van der Waals surface area contributed by atoms with Crippen molar-refractivity contribution in [1.82, 2.24) is 0 Å². The van der Waals surface area contributed by atoms with Crippen molar-refractivity contribution >= 4 is 0 Å². The molecule has 0 spiro atoms. The lowest BCUT2D eigenvalue weighted by molar-refractivity contribution is 0.435. The molecule has 1 heteroatoms. The highest BCUT2D eigenvalue weighted by Crippen LogP contribution is 2.09. The normalized spacial score (nSPS) is 17.3. The number of hydrogen-bond donors (Lipinski definition) is 1. The summed E-state index contributed by atoms with van der Waals surface area (Å²) in [7, 11) is 0. The summed E-state index contributed by atoms with van der Waals surface area (Å²) >= 11 is 0. The Balaban J connectivity index is 3.16. The van der Waals surface area contributed by atoms with Gasteiger partial charge in [0.25, 0.3) is 0 Å². The zero-order chi connectivity index (χ0) is 7.28. The van der Waals surface area contributed by atoms with Gasteiger partial charge in [0.15, 0.2) is 0 Å². The zero-order valence-electron chi connectivity index (χ0n) is 6.85. The molecule has 0 amide bonds. The van der Waals surface area contributed by atoms with Crippen molar-refractivity contribution < 1.29 is 0 Å². The molecule has 0 bridgehead atoms. The quantitative estimate of drug-likeness (QED) is 0.618. The van der Waals surface area contributed by atoms with Crippen LogP contribution in [0.3, 0.4) is 0 Å². The monoisotopic (exact) mass is 129 g/mol. The van der Waals surface area contributed by atoms with E-state index in [4.69, 9.17) is 5.73 Å². The highest BCUT2D eigenvalue weighted by molar-refractivity contribution is 4.62. The molecule has 0 radical (unpaired) electrons. The Kier molecular flexibility index (Phi) is 4.78. The van der Waals surface area contributed by atoms with E-state index in [1.807, 2.05) is 0 Å². The topological polar surface area (TPSA) is 26.0 Å². The van der Waals surface area contributed by atoms with Gasteiger partial charge in [-0.25, -0.2) is 0 Å². The van der Waals surface area contributed by atoms with E-state index in [1.165, 1.54) is 19.3 Å². The van der Waals surface area contributed by atoms with Gasteiger partial charge in [0.1, 0.15) is 0 Å². The van der Waals surface area contributed by atoms with Crippen molar-refractivity contribution in [2.75, 3.05) is 0 Å². The van der Waals surface area contributed by atoms with Gasteiger partial charge in [0, 0.05) is 6.04 Å². The van der Waals surface area contributed by atoms with Gasteiger partial charge in [-0.2, -0.15) is 0 Å². The minimum atomic E-state index is 0.372. The van der Waals surface area contributed by atoms with E-state index in [0.717, 1.165) is 0 Å². The van der Waals surface area contributed by atoms with E-state index >= 15 is 0 Å². The van der Waals surface area contributed by atoms with E-state index in [0.29, 0.717) is 12.0 Å². The van der Waals surface area contributed by atoms with Gasteiger partial charge in [-0.3, -0.25) is 0 Å². The fourth-order valence-corrected chi connectivity index (χ4v) is 0.789. The van der Waals surface area contributed by atoms with Gasteiger partial charge < -0.3 is 5.73 Å². The lowest BCUT2D eigenvalue weighted by atomic mass is 9.98. The molecule has 9 heavy (non-hydrogen) atoms. The first-order valence-corrected chi connectivity index (χ1v) is 3.94. The molecule has 0 heterocycles. The van der Waals surface area contributed by atoms with Crippen LogP contribution in [0.15, 0.2) is 0 Å². The number of unbranched alkanes of at least 4 members (excludes halogenated alkanes) is 1. The summed E-state index contributed by atoms with van der Waals surface area (Å²) < 4.78 is 0. The molecule has 0 saturated carbocycles. The number of hydrogen-bond acceptors (Lipinski definition) is 1. The molecule has 56 valence electrons. The Labute approximate surface area is 58.6 Å². The van der Waals surface area contributed by atoms with Crippen molar-refractivity contribution in [2.24, 2.45) is 11.7 Å². The third kappa shape index (κ3) is 4.46. The van der Waals surface area contributed by atoms with E-state index in [1.54, 1.807) is 0 Å². The summed E-state index contributed by atoms with van der Waals surface area (Å²) in [6.45, 7) is 6.52. The van der Waals surface area contributed by atoms with E-state index in [2.05, 4.69) is 20.8 Å². The van der Waals surface area contributed by atoms with E-state index in [9.17, 15) is 0 Å². The van der Waals surface area contributed by atoms with E-state index < -0.39 is 0 Å². The predicted octanol–water partition coefficient (Wildman–Crippen LogP) is 2.16. The number of nitrogens with two attached hydrogens (primary N) is 1. The lowest BCUT2D eigenvalue weighted by Gasteiger charge is -2.13. The summed E-state index contributed by atoms with van der Waals surface area (Å²) in [5.74, 6) is 0.699. The molecule has 0 aromatic heterocycles. The molecule has 1 nitrogen and oxygen atoms in total. The SMILES string of the molecule is CCCCC(C)[C@H](C)N. The fourth-order valence-electron chi connectivity index (χ4n) is 0.789. The second-order valence-corrected chi connectivity index (χ2v) is 2.98. The van der Waals surface area contributed by atoms with Gasteiger partial charge in [-0.1, -0.05) is 26.7 Å². The molecule has 0 aliphatic rings. The smallest absolute Gasteiger partial charge is 0.00361 e. The van der Waals surface area contributed by atoms with Gasteiger partial charge >= 0.3 is 0 Å². The van der Waals surface area contributed by atoms with Crippen LogP contribution >= 0.6 is 0 Å². The largest absolute Gasteiger partial charge is 0.328 e. The molecule has 0 fully saturated rings. The Hall–Kier alpha value is -0.0400. The minimum absolute atomic E-state index is 0.372. The summed E-state index contributed by atoms with van der Waals surface area (Å²) in [4.78, 5) is 0. The zero-order valence-corrected chi connectivity index (χ0v) is 6.85. The van der Waals surface area contributed by atoms with Gasteiger partial charge in [0.05, 0.1) is 0 Å². The third-order valence-electron chi connectivity index (χ3n) is 1.91. The third-order valence-corrected chi connectivity index (χ3v) is 1.91. The first-order chi connectivity index (χ1) is 4.18. The van der Waals surface area contributed by atoms with Crippen LogP contribution in [0.5, 0.6) is 0 Å². The maximum atomic E-state index is 5.68. The van der Waals surface area contributed by atoms with Crippen molar-refractivity contribution in [3.8, 4) is 0 Å². The van der Waals surface area contributed by atoms with Crippen molar-refractivity contribution in [3.63, 3.8) is 0 Å². The van der Waals surface area contributed by atoms with Crippen LogP contribution in [0.2, 0.25) is 0 Å². The van der Waals surface area contributed by atoms with Gasteiger partial charge in [-0.15, -0.1) is 0 Å². The van der Waals surface area contributed by atoms with E-state index in [-0.39, 0.29) is 0 Å².